The molecule has 1 fully saturated rings. The first-order valence-electron chi connectivity index (χ1n) is 13.8. The van der Waals surface area contributed by atoms with Crippen LogP contribution in [0.2, 0.25) is 10.0 Å². The molecule has 1 saturated carbocycles. The molecule has 4 atom stereocenters. The highest BCUT2D eigenvalue weighted by molar-refractivity contribution is 7.88. The van der Waals surface area contributed by atoms with Crippen molar-refractivity contribution < 1.29 is 22.8 Å². The zero-order valence-corrected chi connectivity index (χ0v) is 25.9. The molecule has 0 spiro atoms. The van der Waals surface area contributed by atoms with Crippen LogP contribution in [0.15, 0.2) is 54.6 Å². The summed E-state index contributed by atoms with van der Waals surface area (Å²) in [6.07, 6.45) is 3.73. The molecule has 1 aromatic heterocycles. The minimum Gasteiger partial charge on any atom is -0.337 e. The van der Waals surface area contributed by atoms with Crippen LogP contribution in [-0.4, -0.2) is 48.0 Å². The summed E-state index contributed by atoms with van der Waals surface area (Å²) in [7, 11) is -1.87. The number of fused-ring (bicyclic) bond motifs is 1. The van der Waals surface area contributed by atoms with E-state index in [1.54, 1.807) is 71.1 Å². The first-order chi connectivity index (χ1) is 20.5. The minimum absolute atomic E-state index is 0.00369. The van der Waals surface area contributed by atoms with Gasteiger partial charge in [0.1, 0.15) is 18.4 Å². The second-order valence-electron chi connectivity index (χ2n) is 10.9. The number of amides is 2. The van der Waals surface area contributed by atoms with Gasteiger partial charge in [0.2, 0.25) is 10.0 Å². The van der Waals surface area contributed by atoms with E-state index >= 15 is 0 Å². The zero-order valence-electron chi connectivity index (χ0n) is 23.6. The quantitative estimate of drug-likeness (QED) is 0.345. The molecular formula is C30H31Cl2N5O5S. The van der Waals surface area contributed by atoms with E-state index in [9.17, 15) is 23.3 Å². The van der Waals surface area contributed by atoms with Gasteiger partial charge in [0, 0.05) is 40.4 Å². The van der Waals surface area contributed by atoms with Crippen molar-refractivity contribution in [3.05, 3.63) is 92.7 Å². The van der Waals surface area contributed by atoms with Crippen LogP contribution in [0.5, 0.6) is 0 Å². The van der Waals surface area contributed by atoms with Crippen LogP contribution in [0.4, 0.5) is 0 Å². The Bertz CT molecular complexity index is 1700. The summed E-state index contributed by atoms with van der Waals surface area (Å²) in [5.41, 5.74) is 5.02. The second-order valence-corrected chi connectivity index (χ2v) is 13.5. The van der Waals surface area contributed by atoms with E-state index in [1.807, 2.05) is 0 Å². The number of nitrogens with one attached hydrogen (secondary N) is 2. The summed E-state index contributed by atoms with van der Waals surface area (Å²) in [5.74, 6) is -1.80. The highest BCUT2D eigenvalue weighted by atomic mass is 35.5. The molecular weight excluding hydrogens is 613 g/mol. The third-order valence-corrected chi connectivity index (χ3v) is 9.42. The minimum atomic E-state index is -3.59. The molecule has 2 amide bonds. The van der Waals surface area contributed by atoms with Crippen molar-refractivity contribution in [3.63, 3.8) is 0 Å². The number of rotatable bonds is 8. The Labute approximate surface area is 260 Å². The summed E-state index contributed by atoms with van der Waals surface area (Å²) in [5, 5.41) is 9.91. The van der Waals surface area contributed by atoms with Gasteiger partial charge in [-0.2, -0.15) is 5.26 Å². The normalized spacial score (nSPS) is 22.1. The highest BCUT2D eigenvalue weighted by Crippen LogP contribution is 2.47. The maximum absolute atomic E-state index is 14.3. The molecule has 2 aliphatic rings. The van der Waals surface area contributed by atoms with Gasteiger partial charge in [-0.25, -0.2) is 18.6 Å². The molecule has 5 rings (SSSR count). The summed E-state index contributed by atoms with van der Waals surface area (Å²) in [6, 6.07) is 15.2. The van der Waals surface area contributed by atoms with Crippen molar-refractivity contribution in [2.45, 2.75) is 56.3 Å². The molecule has 2 aromatic carbocycles. The maximum Gasteiger partial charge on any atom is 0.255 e. The van der Waals surface area contributed by atoms with Crippen LogP contribution >= 0.6 is 23.2 Å². The smallest absolute Gasteiger partial charge is 0.255 e. The van der Waals surface area contributed by atoms with Crippen LogP contribution in [0.1, 0.15) is 70.5 Å². The van der Waals surface area contributed by atoms with Gasteiger partial charge in [0.25, 0.3) is 11.8 Å². The summed E-state index contributed by atoms with van der Waals surface area (Å²) >= 11 is 13.0. The number of halogens is 2. The fourth-order valence-electron chi connectivity index (χ4n) is 6.18. The molecule has 13 heteroatoms. The molecule has 0 radical (unpaired) electrons. The molecule has 1 aliphatic carbocycles. The molecule has 1 aliphatic heterocycles. The zero-order chi connectivity index (χ0) is 30.9. The Morgan fingerprint density at radius 2 is 1.84 bits per heavy atom. The lowest BCUT2D eigenvalue weighted by Gasteiger charge is -2.49. The van der Waals surface area contributed by atoms with Crippen LogP contribution in [0.25, 0.3) is 0 Å². The molecule has 0 unspecified atom stereocenters. The topological polar surface area (TPSA) is 134 Å². The average Bonchev–Trinajstić information content (AvgIpc) is 3.31. The maximum atomic E-state index is 14.3. The van der Waals surface area contributed by atoms with Crippen molar-refractivity contribution in [1.29, 1.82) is 5.26 Å². The fourth-order valence-corrected chi connectivity index (χ4v) is 7.53. The Morgan fingerprint density at radius 1 is 1.09 bits per heavy atom. The van der Waals surface area contributed by atoms with Gasteiger partial charge in [-0.3, -0.25) is 14.4 Å². The van der Waals surface area contributed by atoms with E-state index < -0.39 is 40.0 Å². The van der Waals surface area contributed by atoms with E-state index in [2.05, 4.69) is 16.3 Å². The van der Waals surface area contributed by atoms with Crippen molar-refractivity contribution in [2.75, 3.05) is 6.26 Å². The first-order valence-corrected chi connectivity index (χ1v) is 16.4. The number of hydroxylamine groups is 1. The van der Waals surface area contributed by atoms with E-state index in [1.165, 1.54) is 0 Å². The molecule has 0 bridgehead atoms. The number of benzene rings is 2. The second kappa shape index (κ2) is 12.7. The highest BCUT2D eigenvalue weighted by Gasteiger charge is 2.49. The van der Waals surface area contributed by atoms with Crippen molar-refractivity contribution in [3.8, 4) is 6.07 Å². The SMILES string of the molecule is Cn1c(C#N)ccc1CONC(=O)[C@@H]1c2ccccc2C(=O)N([C@H]2CCCC[C@@H]2NS(C)(=O)=O)[C@H]1c1ccc(Cl)cc1Cl. The summed E-state index contributed by atoms with van der Waals surface area (Å²) < 4.78 is 29.1. The summed E-state index contributed by atoms with van der Waals surface area (Å²) in [4.78, 5) is 35.7. The van der Waals surface area contributed by atoms with Crippen LogP contribution < -0.4 is 10.2 Å². The number of carbonyl (C=O) groups is 2. The number of hydrogen-bond donors (Lipinski definition) is 2. The Morgan fingerprint density at radius 3 is 2.53 bits per heavy atom. The monoisotopic (exact) mass is 643 g/mol. The predicted molar refractivity (Wildman–Crippen MR) is 162 cm³/mol. The van der Waals surface area contributed by atoms with Gasteiger partial charge < -0.3 is 9.47 Å². The lowest BCUT2D eigenvalue weighted by Crippen LogP contribution is -2.59. The van der Waals surface area contributed by atoms with E-state index in [-0.39, 0.29) is 17.5 Å². The molecule has 2 N–H and O–H groups in total. The van der Waals surface area contributed by atoms with Crippen molar-refractivity contribution in [1.82, 2.24) is 19.7 Å². The third kappa shape index (κ3) is 6.44. The lowest BCUT2D eigenvalue weighted by molar-refractivity contribution is -0.138. The van der Waals surface area contributed by atoms with Crippen LogP contribution in [0.3, 0.4) is 0 Å². The fraction of sp³-hybridized carbons (Fsp3) is 0.367. The van der Waals surface area contributed by atoms with Crippen molar-refractivity contribution in [2.24, 2.45) is 7.05 Å². The van der Waals surface area contributed by atoms with E-state index in [0.717, 1.165) is 19.1 Å². The molecule has 2 heterocycles. The molecule has 0 saturated heterocycles. The third-order valence-electron chi connectivity index (χ3n) is 8.13. The molecule has 43 heavy (non-hydrogen) atoms. The van der Waals surface area contributed by atoms with Gasteiger partial charge in [-0.15, -0.1) is 0 Å². The van der Waals surface area contributed by atoms with Crippen LogP contribution in [0, 0.1) is 11.3 Å². The number of aromatic nitrogens is 1. The van der Waals surface area contributed by atoms with Gasteiger partial charge in [-0.1, -0.05) is 60.3 Å². The van der Waals surface area contributed by atoms with Gasteiger partial charge in [0.15, 0.2) is 0 Å². The average molecular weight is 645 g/mol. The molecule has 3 aromatic rings. The lowest BCUT2D eigenvalue weighted by atomic mass is 9.76. The number of carbonyl (C=O) groups excluding carboxylic acids is 2. The van der Waals surface area contributed by atoms with Gasteiger partial charge in [0.05, 0.1) is 18.2 Å². The number of nitriles is 1. The van der Waals surface area contributed by atoms with Gasteiger partial charge >= 0.3 is 0 Å². The number of hydrogen-bond acceptors (Lipinski definition) is 6. The Hall–Kier alpha value is -3.40. The number of nitrogens with zero attached hydrogens (tertiary/aromatic N) is 3. The standard InChI is InChI=1S/C30H31Cl2N5O5S/c1-36-19(16-33)12-13-20(36)17-42-34-29(38)27-21-7-3-4-8-22(21)30(39)37(28(27)23-14-11-18(31)15-24(23)32)26-10-6-5-9-25(26)35-43(2,40)41/h3-4,7-8,11-15,25-28,35H,5-6,9-10,17H2,1-2H3,(H,34,38)/t25-,26-,27+,28-/m0/s1. The Kier molecular flexibility index (Phi) is 9.15. The molecule has 226 valence electrons. The van der Waals surface area contributed by atoms with E-state index in [4.69, 9.17) is 28.0 Å². The largest absolute Gasteiger partial charge is 0.337 e. The van der Waals surface area contributed by atoms with Crippen molar-refractivity contribution >= 4 is 45.0 Å². The first kappa shape index (κ1) is 31.0. The van der Waals surface area contributed by atoms with E-state index in [0.29, 0.717) is 45.9 Å². The van der Waals surface area contributed by atoms with Gasteiger partial charge in [-0.05, 0) is 54.3 Å². The summed E-state index contributed by atoms with van der Waals surface area (Å²) in [6.45, 7) is -0.00369. The molecule has 10 nitrogen and oxygen atoms in total. The van der Waals surface area contributed by atoms with Crippen LogP contribution in [-0.2, 0) is 33.3 Å². The Balaban J connectivity index is 1.58. The predicted octanol–water partition coefficient (Wildman–Crippen LogP) is 4.59. The number of sulfonamides is 1.